The van der Waals surface area contributed by atoms with Crippen LogP contribution < -0.4 is 4.74 Å². The third-order valence-corrected chi connectivity index (χ3v) is 5.30. The summed E-state index contributed by atoms with van der Waals surface area (Å²) >= 11 is 0. The second kappa shape index (κ2) is 6.88. The zero-order valence-electron chi connectivity index (χ0n) is 14.4. The molecule has 1 saturated heterocycles. The van der Waals surface area contributed by atoms with Crippen LogP contribution in [0.3, 0.4) is 0 Å². The summed E-state index contributed by atoms with van der Waals surface area (Å²) in [6.07, 6.45) is 10.7. The van der Waals surface area contributed by atoms with Gasteiger partial charge in [0.1, 0.15) is 12.4 Å². The van der Waals surface area contributed by atoms with Crippen molar-refractivity contribution in [3.63, 3.8) is 0 Å². The molecule has 0 unspecified atom stereocenters. The van der Waals surface area contributed by atoms with Crippen molar-refractivity contribution in [3.8, 4) is 5.75 Å². The van der Waals surface area contributed by atoms with Gasteiger partial charge in [0.2, 0.25) is 0 Å². The lowest BCUT2D eigenvalue weighted by Crippen LogP contribution is -2.28. The fourth-order valence-corrected chi connectivity index (χ4v) is 4.03. The third kappa shape index (κ3) is 3.28. The normalized spacial score (nSPS) is 23.6. The average Bonchev–Trinajstić information content (AvgIpc) is 3.04. The molecule has 4 rings (SSSR count). The van der Waals surface area contributed by atoms with Gasteiger partial charge in [-0.25, -0.2) is 4.99 Å². The average molecular weight is 326 g/mol. The Morgan fingerprint density at radius 1 is 1.25 bits per heavy atom. The Balaban J connectivity index is 1.35. The molecule has 1 aliphatic carbocycles. The van der Waals surface area contributed by atoms with Crippen LogP contribution in [0.25, 0.3) is 0 Å². The molecule has 2 aliphatic heterocycles. The molecule has 2 heterocycles. The number of hydrogen-bond acceptors (Lipinski definition) is 4. The van der Waals surface area contributed by atoms with E-state index in [-0.39, 0.29) is 6.10 Å². The van der Waals surface area contributed by atoms with Crippen LogP contribution >= 0.6 is 0 Å². The monoisotopic (exact) mass is 326 g/mol. The van der Waals surface area contributed by atoms with E-state index in [1.165, 1.54) is 43.2 Å². The van der Waals surface area contributed by atoms with E-state index in [9.17, 15) is 0 Å². The van der Waals surface area contributed by atoms with Gasteiger partial charge in [-0.2, -0.15) is 0 Å². The molecule has 4 heteroatoms. The van der Waals surface area contributed by atoms with Gasteiger partial charge in [0, 0.05) is 12.7 Å². The van der Waals surface area contributed by atoms with Crippen molar-refractivity contribution in [1.82, 2.24) is 4.90 Å². The second-order valence-electron chi connectivity index (χ2n) is 7.11. The minimum absolute atomic E-state index is 0.0574. The summed E-state index contributed by atoms with van der Waals surface area (Å²) in [4.78, 5) is 6.40. The zero-order chi connectivity index (χ0) is 16.4. The van der Waals surface area contributed by atoms with Gasteiger partial charge in [-0.15, -0.1) is 0 Å². The molecule has 24 heavy (non-hydrogen) atoms. The number of ether oxygens (including phenoxy) is 2. The van der Waals surface area contributed by atoms with Gasteiger partial charge in [0.05, 0.1) is 6.54 Å². The quantitative estimate of drug-likeness (QED) is 0.838. The molecule has 3 aliphatic rings. The number of benzene rings is 1. The smallest absolute Gasteiger partial charge is 0.292 e. The third-order valence-electron chi connectivity index (χ3n) is 5.30. The predicted molar refractivity (Wildman–Crippen MR) is 95.5 cm³/mol. The Hall–Kier alpha value is -1.97. The minimum Gasteiger partial charge on any atom is -0.490 e. The van der Waals surface area contributed by atoms with Crippen molar-refractivity contribution in [3.05, 3.63) is 41.6 Å². The number of nitrogens with zero attached hydrogens (tertiary/aromatic N) is 2. The lowest BCUT2D eigenvalue weighted by atomic mass is 9.82. The molecule has 1 aromatic carbocycles. The van der Waals surface area contributed by atoms with Crippen molar-refractivity contribution >= 4 is 6.02 Å². The fourth-order valence-electron chi connectivity index (χ4n) is 4.03. The molecule has 128 valence electrons. The Labute approximate surface area is 144 Å². The van der Waals surface area contributed by atoms with Gasteiger partial charge in [0.15, 0.2) is 6.10 Å². The SMILES string of the molecule is Cc1cc(OC[C@@H]2CN3CC=CN=C3O2)ccc1C1CCCCC1. The van der Waals surface area contributed by atoms with Crippen LogP contribution in [0.5, 0.6) is 5.75 Å². The van der Waals surface area contributed by atoms with Gasteiger partial charge in [-0.1, -0.05) is 25.3 Å². The summed E-state index contributed by atoms with van der Waals surface area (Å²) in [7, 11) is 0. The topological polar surface area (TPSA) is 34.1 Å². The molecular weight excluding hydrogens is 300 g/mol. The lowest BCUT2D eigenvalue weighted by molar-refractivity contribution is 0.146. The van der Waals surface area contributed by atoms with Gasteiger partial charge in [0.25, 0.3) is 6.02 Å². The number of hydrogen-bond donors (Lipinski definition) is 0. The van der Waals surface area contributed by atoms with E-state index in [0.717, 1.165) is 30.8 Å². The zero-order valence-corrected chi connectivity index (χ0v) is 14.4. The summed E-state index contributed by atoms with van der Waals surface area (Å²) in [5.74, 6) is 1.69. The number of aryl methyl sites for hydroxylation is 1. The highest BCUT2D eigenvalue weighted by Crippen LogP contribution is 2.35. The summed E-state index contributed by atoms with van der Waals surface area (Å²) in [5, 5.41) is 0. The van der Waals surface area contributed by atoms with Gasteiger partial charge >= 0.3 is 0 Å². The Bertz CT molecular complexity index is 647. The van der Waals surface area contributed by atoms with Gasteiger partial charge < -0.3 is 14.4 Å². The fraction of sp³-hybridized carbons (Fsp3) is 0.550. The molecule has 4 nitrogen and oxygen atoms in total. The van der Waals surface area contributed by atoms with Gasteiger partial charge in [-0.3, -0.25) is 0 Å². The standard InChI is InChI=1S/C20H26N2O2/c1-15-12-17(8-9-19(15)16-6-3-2-4-7-16)23-14-18-13-22-11-5-10-21-20(22)24-18/h5,8-10,12,16,18H,2-4,6-7,11,13-14H2,1H3/t18-/m0/s1. The maximum atomic E-state index is 5.99. The molecule has 0 bridgehead atoms. The van der Waals surface area contributed by atoms with Crippen molar-refractivity contribution in [1.29, 1.82) is 0 Å². The molecule has 0 aromatic heterocycles. The molecule has 0 N–H and O–H groups in total. The van der Waals surface area contributed by atoms with Crippen LogP contribution in [0.2, 0.25) is 0 Å². The van der Waals surface area contributed by atoms with Crippen LogP contribution in [0.15, 0.2) is 35.5 Å². The van der Waals surface area contributed by atoms with Crippen LogP contribution in [0.4, 0.5) is 0 Å². The van der Waals surface area contributed by atoms with E-state index in [0.29, 0.717) is 6.61 Å². The molecule has 2 fully saturated rings. The van der Waals surface area contributed by atoms with Crippen LogP contribution in [0.1, 0.15) is 49.1 Å². The number of rotatable bonds is 4. The highest BCUT2D eigenvalue weighted by molar-refractivity contribution is 5.77. The van der Waals surface area contributed by atoms with Crippen molar-refractivity contribution in [2.75, 3.05) is 19.7 Å². The second-order valence-corrected chi connectivity index (χ2v) is 7.11. The summed E-state index contributed by atoms with van der Waals surface area (Å²) < 4.78 is 11.8. The lowest BCUT2D eigenvalue weighted by Gasteiger charge is -2.24. The maximum Gasteiger partial charge on any atom is 0.292 e. The molecular formula is C20H26N2O2. The Morgan fingerprint density at radius 3 is 2.92 bits per heavy atom. The molecule has 1 atom stereocenters. The van der Waals surface area contributed by atoms with E-state index in [4.69, 9.17) is 9.47 Å². The van der Waals surface area contributed by atoms with Crippen molar-refractivity contribution in [2.24, 2.45) is 4.99 Å². The predicted octanol–water partition coefficient (Wildman–Crippen LogP) is 4.01. The van der Waals surface area contributed by atoms with E-state index < -0.39 is 0 Å². The first kappa shape index (κ1) is 15.6. The molecule has 0 amide bonds. The highest BCUT2D eigenvalue weighted by atomic mass is 16.6. The minimum atomic E-state index is 0.0574. The number of fused-ring (bicyclic) bond motifs is 1. The molecule has 1 aromatic rings. The first-order chi connectivity index (χ1) is 11.8. The highest BCUT2D eigenvalue weighted by Gasteiger charge is 2.30. The molecule has 0 spiro atoms. The van der Waals surface area contributed by atoms with E-state index in [1.807, 2.05) is 12.3 Å². The number of amidine groups is 1. The Morgan fingerprint density at radius 2 is 2.12 bits per heavy atom. The first-order valence-electron chi connectivity index (χ1n) is 9.17. The molecule has 1 saturated carbocycles. The van der Waals surface area contributed by atoms with Crippen molar-refractivity contribution < 1.29 is 9.47 Å². The summed E-state index contributed by atoms with van der Waals surface area (Å²) in [5.41, 5.74) is 2.87. The van der Waals surface area contributed by atoms with E-state index in [2.05, 4.69) is 35.0 Å². The maximum absolute atomic E-state index is 5.99. The summed E-state index contributed by atoms with van der Waals surface area (Å²) in [6.45, 7) is 4.51. The van der Waals surface area contributed by atoms with Crippen LogP contribution in [-0.4, -0.2) is 36.7 Å². The van der Waals surface area contributed by atoms with Crippen LogP contribution in [0, 0.1) is 6.92 Å². The van der Waals surface area contributed by atoms with E-state index >= 15 is 0 Å². The van der Waals surface area contributed by atoms with Gasteiger partial charge in [-0.05, 0) is 55.0 Å². The number of aliphatic imine (C=N–C) groups is 1. The Kier molecular flexibility index (Phi) is 4.46. The summed E-state index contributed by atoms with van der Waals surface area (Å²) in [6, 6.07) is 7.31. The first-order valence-corrected chi connectivity index (χ1v) is 9.17. The van der Waals surface area contributed by atoms with Crippen LogP contribution in [-0.2, 0) is 4.74 Å². The largest absolute Gasteiger partial charge is 0.490 e. The van der Waals surface area contributed by atoms with Crippen molar-refractivity contribution in [2.45, 2.75) is 51.0 Å². The van der Waals surface area contributed by atoms with E-state index in [1.54, 1.807) is 0 Å². The molecule has 0 radical (unpaired) electrons.